The number of carbonyl (C=O) groups excluding carboxylic acids is 1. The summed E-state index contributed by atoms with van der Waals surface area (Å²) in [6, 6.07) is 10.1. The van der Waals surface area contributed by atoms with E-state index in [1.807, 2.05) is 18.2 Å². The van der Waals surface area contributed by atoms with Crippen molar-refractivity contribution in [3.05, 3.63) is 47.5 Å². The highest BCUT2D eigenvalue weighted by Gasteiger charge is 2.28. The minimum Gasteiger partial charge on any atom is -0.461 e. The third-order valence-electron chi connectivity index (χ3n) is 4.11. The van der Waals surface area contributed by atoms with Crippen molar-refractivity contribution in [1.29, 1.82) is 0 Å². The van der Waals surface area contributed by atoms with E-state index in [0.29, 0.717) is 19.6 Å². The maximum Gasteiger partial charge on any atom is 0.306 e. The molecule has 1 aromatic carbocycles. The molecule has 3 heteroatoms. The minimum atomic E-state index is -0.112. The lowest BCUT2D eigenvalue weighted by Crippen LogP contribution is -2.34. The first-order chi connectivity index (χ1) is 10.6. The molecule has 3 atom stereocenters. The van der Waals surface area contributed by atoms with Gasteiger partial charge in [0, 0.05) is 18.3 Å². The van der Waals surface area contributed by atoms with Gasteiger partial charge in [-0.05, 0) is 18.9 Å². The van der Waals surface area contributed by atoms with Crippen molar-refractivity contribution in [2.45, 2.75) is 46.3 Å². The first kappa shape index (κ1) is 16.8. The van der Waals surface area contributed by atoms with Crippen LogP contribution in [0.4, 0.5) is 0 Å². The van der Waals surface area contributed by atoms with Crippen molar-refractivity contribution in [3.8, 4) is 0 Å². The third kappa shape index (κ3) is 4.99. The van der Waals surface area contributed by atoms with Gasteiger partial charge in [0.2, 0.25) is 0 Å². The van der Waals surface area contributed by atoms with Gasteiger partial charge in [0.1, 0.15) is 6.10 Å². The van der Waals surface area contributed by atoms with E-state index in [9.17, 15) is 4.79 Å². The topological polar surface area (TPSA) is 35.5 Å². The number of rotatable bonds is 5. The number of carbonyl (C=O) groups is 1. The van der Waals surface area contributed by atoms with Crippen LogP contribution >= 0.6 is 0 Å². The van der Waals surface area contributed by atoms with E-state index in [4.69, 9.17) is 9.47 Å². The van der Waals surface area contributed by atoms with Gasteiger partial charge in [-0.3, -0.25) is 4.79 Å². The number of benzene rings is 1. The van der Waals surface area contributed by atoms with Gasteiger partial charge in [-0.2, -0.15) is 0 Å². The summed E-state index contributed by atoms with van der Waals surface area (Å²) in [6.07, 6.45) is 3.39. The first-order valence-electron chi connectivity index (χ1n) is 8.04. The molecule has 2 rings (SSSR count). The Morgan fingerprint density at radius 2 is 2.00 bits per heavy atom. The van der Waals surface area contributed by atoms with E-state index in [-0.39, 0.29) is 23.9 Å². The zero-order valence-electron chi connectivity index (χ0n) is 13.7. The van der Waals surface area contributed by atoms with Crippen LogP contribution in [0.5, 0.6) is 0 Å². The van der Waals surface area contributed by atoms with Crippen LogP contribution < -0.4 is 0 Å². The van der Waals surface area contributed by atoms with Crippen LogP contribution in [0.25, 0.3) is 0 Å². The lowest BCUT2D eigenvalue weighted by Gasteiger charge is -2.29. The summed E-state index contributed by atoms with van der Waals surface area (Å²) in [6.45, 7) is 7.46. The predicted molar refractivity (Wildman–Crippen MR) is 87.3 cm³/mol. The summed E-state index contributed by atoms with van der Waals surface area (Å²) >= 11 is 0. The fourth-order valence-electron chi connectivity index (χ4n) is 2.91. The Bertz CT molecular complexity index is 507. The van der Waals surface area contributed by atoms with Gasteiger partial charge >= 0.3 is 5.97 Å². The third-order valence-corrected chi connectivity index (χ3v) is 4.11. The summed E-state index contributed by atoms with van der Waals surface area (Å²) in [5.41, 5.74) is 2.43. The molecule has 1 heterocycles. The molecule has 0 radical (unpaired) electrons. The minimum absolute atomic E-state index is 0.0980. The van der Waals surface area contributed by atoms with Gasteiger partial charge in [0.25, 0.3) is 0 Å². The second-order valence-corrected chi connectivity index (χ2v) is 6.30. The fourth-order valence-corrected chi connectivity index (χ4v) is 2.91. The lowest BCUT2D eigenvalue weighted by atomic mass is 9.90. The Kier molecular flexibility index (Phi) is 6.20. The molecule has 0 spiro atoms. The van der Waals surface area contributed by atoms with E-state index in [0.717, 1.165) is 12.0 Å². The molecule has 1 aromatic rings. The number of ether oxygens (including phenoxy) is 2. The van der Waals surface area contributed by atoms with Crippen molar-refractivity contribution in [3.63, 3.8) is 0 Å². The van der Waals surface area contributed by atoms with Gasteiger partial charge in [-0.25, -0.2) is 0 Å². The Morgan fingerprint density at radius 1 is 1.27 bits per heavy atom. The van der Waals surface area contributed by atoms with Crippen LogP contribution in [0.15, 0.2) is 42.0 Å². The summed E-state index contributed by atoms with van der Waals surface area (Å²) < 4.78 is 11.5. The Balaban J connectivity index is 1.90. The predicted octanol–water partition coefficient (Wildman–Crippen LogP) is 4.13. The average Bonchev–Trinajstić information content (AvgIpc) is 2.50. The van der Waals surface area contributed by atoms with Crippen LogP contribution in [0, 0.1) is 11.8 Å². The molecule has 22 heavy (non-hydrogen) atoms. The molecule has 0 amide bonds. The van der Waals surface area contributed by atoms with Crippen molar-refractivity contribution in [2.75, 3.05) is 6.61 Å². The smallest absolute Gasteiger partial charge is 0.306 e. The van der Waals surface area contributed by atoms with Crippen molar-refractivity contribution >= 4 is 5.97 Å². The van der Waals surface area contributed by atoms with E-state index in [1.165, 1.54) is 5.57 Å². The number of hydrogen-bond donors (Lipinski definition) is 0. The highest BCUT2D eigenvalue weighted by atomic mass is 16.5. The average molecular weight is 302 g/mol. The lowest BCUT2D eigenvalue weighted by molar-refractivity contribution is -0.155. The van der Waals surface area contributed by atoms with Gasteiger partial charge in [-0.1, -0.05) is 55.8 Å². The fraction of sp³-hybridized carbons (Fsp3) is 0.526. The molecule has 0 bridgehead atoms. The molecular formula is C19H26O3. The molecule has 0 aliphatic carbocycles. The van der Waals surface area contributed by atoms with Gasteiger partial charge < -0.3 is 9.47 Å². The molecule has 1 aliphatic rings. The molecule has 3 nitrogen and oxygen atoms in total. The summed E-state index contributed by atoms with van der Waals surface area (Å²) in [7, 11) is 0. The monoisotopic (exact) mass is 302 g/mol. The molecule has 0 fully saturated rings. The normalized spacial score (nSPS) is 26.3. The van der Waals surface area contributed by atoms with Gasteiger partial charge in [0.15, 0.2) is 0 Å². The Hall–Kier alpha value is -1.61. The largest absolute Gasteiger partial charge is 0.461 e. The molecule has 1 aliphatic heterocycles. The van der Waals surface area contributed by atoms with E-state index in [1.54, 1.807) is 0 Å². The Morgan fingerprint density at radius 3 is 2.73 bits per heavy atom. The standard InChI is InChI=1S/C19H26O3/c1-14-9-10-18(20)22-19(15(2)11-14)16(3)12-21-13-17-7-5-4-6-8-17/h4-8,11,15-16,19H,9-10,12-13H2,1-3H3/b14-11-/t15-,16+,19+/m1/s1. The zero-order chi connectivity index (χ0) is 15.9. The van der Waals surface area contributed by atoms with E-state index >= 15 is 0 Å². The van der Waals surface area contributed by atoms with Crippen LogP contribution in [0.1, 0.15) is 39.2 Å². The van der Waals surface area contributed by atoms with Crippen LogP contribution in [-0.2, 0) is 20.9 Å². The van der Waals surface area contributed by atoms with Crippen molar-refractivity contribution < 1.29 is 14.3 Å². The maximum atomic E-state index is 11.8. The number of hydrogen-bond acceptors (Lipinski definition) is 3. The molecule has 0 saturated heterocycles. The summed E-state index contributed by atoms with van der Waals surface area (Å²) in [5, 5.41) is 0. The van der Waals surface area contributed by atoms with Gasteiger partial charge in [-0.15, -0.1) is 0 Å². The van der Waals surface area contributed by atoms with Crippen LogP contribution in [0.2, 0.25) is 0 Å². The van der Waals surface area contributed by atoms with Crippen LogP contribution in [0.3, 0.4) is 0 Å². The molecule has 0 unspecified atom stereocenters. The number of allylic oxidation sites excluding steroid dienone is 1. The van der Waals surface area contributed by atoms with Gasteiger partial charge in [0.05, 0.1) is 13.2 Å². The van der Waals surface area contributed by atoms with Crippen LogP contribution in [-0.4, -0.2) is 18.7 Å². The summed E-state index contributed by atoms with van der Waals surface area (Å²) in [4.78, 5) is 11.8. The second kappa shape index (κ2) is 8.14. The van der Waals surface area contributed by atoms with Crippen molar-refractivity contribution in [1.82, 2.24) is 0 Å². The molecule has 0 saturated carbocycles. The molecule has 0 aromatic heterocycles. The first-order valence-corrected chi connectivity index (χ1v) is 8.04. The van der Waals surface area contributed by atoms with E-state index in [2.05, 4.69) is 39.0 Å². The molecule has 0 N–H and O–H groups in total. The Labute approximate surface area is 133 Å². The highest BCUT2D eigenvalue weighted by molar-refractivity contribution is 5.70. The molecule has 120 valence electrons. The highest BCUT2D eigenvalue weighted by Crippen LogP contribution is 2.24. The summed E-state index contributed by atoms with van der Waals surface area (Å²) in [5.74, 6) is 0.295. The molecular weight excluding hydrogens is 276 g/mol. The second-order valence-electron chi connectivity index (χ2n) is 6.30. The number of esters is 1. The quantitative estimate of drug-likeness (QED) is 0.606. The number of cyclic esters (lactones) is 1. The van der Waals surface area contributed by atoms with E-state index < -0.39 is 0 Å². The maximum absolute atomic E-state index is 11.8. The van der Waals surface area contributed by atoms with Crippen molar-refractivity contribution in [2.24, 2.45) is 11.8 Å². The SMILES string of the molecule is C/C1=C/[C@@H](C)[C@@H]([C@@H](C)COCc2ccccc2)OC(=O)CC1. The zero-order valence-corrected chi connectivity index (χ0v) is 13.7.